The van der Waals surface area contributed by atoms with Gasteiger partial charge in [-0.25, -0.2) is 0 Å². The summed E-state index contributed by atoms with van der Waals surface area (Å²) in [5.74, 6) is -1.12. The predicted molar refractivity (Wildman–Crippen MR) is 56.7 cm³/mol. The van der Waals surface area contributed by atoms with E-state index in [-0.39, 0.29) is 5.92 Å². The van der Waals surface area contributed by atoms with Crippen LogP contribution in [0, 0.1) is 12.8 Å². The normalized spacial score (nSPS) is 12.5. The van der Waals surface area contributed by atoms with Crippen molar-refractivity contribution in [1.82, 2.24) is 0 Å². The smallest absolute Gasteiger partial charge is 0.306 e. The molecule has 1 aromatic rings. The monoisotopic (exact) mass is 212 g/mol. The van der Waals surface area contributed by atoms with E-state index in [1.54, 1.807) is 13.0 Å². The Morgan fingerprint density at radius 1 is 1.57 bits per heavy atom. The van der Waals surface area contributed by atoms with E-state index in [4.69, 9.17) is 16.7 Å². The van der Waals surface area contributed by atoms with Gasteiger partial charge in [-0.2, -0.15) is 0 Å². The fourth-order valence-electron chi connectivity index (χ4n) is 1.27. The van der Waals surface area contributed by atoms with E-state index in [1.165, 1.54) is 0 Å². The zero-order chi connectivity index (χ0) is 10.7. The molecule has 0 radical (unpaired) electrons. The molecule has 1 aromatic carbocycles. The zero-order valence-corrected chi connectivity index (χ0v) is 9.01. The van der Waals surface area contributed by atoms with E-state index < -0.39 is 5.97 Å². The Bertz CT molecular complexity index is 347. The molecule has 2 nitrogen and oxygen atoms in total. The minimum absolute atomic E-state index is 0.351. The van der Waals surface area contributed by atoms with Crippen LogP contribution in [0.4, 0.5) is 0 Å². The van der Waals surface area contributed by atoms with Crippen LogP contribution >= 0.6 is 11.6 Å². The van der Waals surface area contributed by atoms with E-state index in [1.807, 2.05) is 19.1 Å². The first-order valence-corrected chi connectivity index (χ1v) is 4.86. The lowest BCUT2D eigenvalue weighted by molar-refractivity contribution is -0.141. The van der Waals surface area contributed by atoms with Crippen molar-refractivity contribution >= 4 is 17.6 Å². The maximum absolute atomic E-state index is 10.6. The van der Waals surface area contributed by atoms with Crippen molar-refractivity contribution in [2.45, 2.75) is 20.3 Å². The lowest BCUT2D eigenvalue weighted by Gasteiger charge is -2.07. The van der Waals surface area contributed by atoms with Gasteiger partial charge in [0, 0.05) is 5.02 Å². The number of halogens is 1. The summed E-state index contributed by atoms with van der Waals surface area (Å²) in [5, 5.41) is 9.46. The van der Waals surface area contributed by atoms with Crippen molar-refractivity contribution in [1.29, 1.82) is 0 Å². The molecule has 1 rings (SSSR count). The maximum atomic E-state index is 10.6. The van der Waals surface area contributed by atoms with E-state index >= 15 is 0 Å². The van der Waals surface area contributed by atoms with Gasteiger partial charge in [0.1, 0.15) is 0 Å². The highest BCUT2D eigenvalue weighted by Gasteiger charge is 2.11. The van der Waals surface area contributed by atoms with Crippen molar-refractivity contribution in [3.8, 4) is 0 Å². The van der Waals surface area contributed by atoms with Crippen molar-refractivity contribution in [2.24, 2.45) is 5.92 Å². The van der Waals surface area contributed by atoms with Gasteiger partial charge in [0.25, 0.3) is 0 Å². The molecule has 0 fully saturated rings. The molecule has 0 bridgehead atoms. The highest BCUT2D eigenvalue weighted by molar-refractivity contribution is 6.31. The minimum Gasteiger partial charge on any atom is -0.481 e. The number of rotatable bonds is 3. The molecule has 3 heteroatoms. The first-order chi connectivity index (χ1) is 6.50. The van der Waals surface area contributed by atoms with Crippen molar-refractivity contribution in [3.05, 3.63) is 34.3 Å². The first-order valence-electron chi connectivity index (χ1n) is 4.48. The molecular weight excluding hydrogens is 200 g/mol. The number of hydrogen-bond donors (Lipinski definition) is 1. The van der Waals surface area contributed by atoms with Gasteiger partial charge in [-0.1, -0.05) is 30.7 Å². The molecule has 0 aliphatic rings. The summed E-state index contributed by atoms with van der Waals surface area (Å²) >= 11 is 5.86. The predicted octanol–water partition coefficient (Wildman–Crippen LogP) is 2.91. The number of carboxylic acid groups (broad SMARTS) is 1. The van der Waals surface area contributed by atoms with Crippen LogP contribution in [0.2, 0.25) is 5.02 Å². The lowest BCUT2D eigenvalue weighted by atomic mass is 10.00. The third kappa shape index (κ3) is 2.74. The Morgan fingerprint density at radius 2 is 2.21 bits per heavy atom. The van der Waals surface area contributed by atoms with Crippen LogP contribution in [0.3, 0.4) is 0 Å². The highest BCUT2D eigenvalue weighted by atomic mass is 35.5. The van der Waals surface area contributed by atoms with Crippen LogP contribution in [-0.2, 0) is 11.2 Å². The molecule has 0 saturated carbocycles. The summed E-state index contributed by atoms with van der Waals surface area (Å²) in [5.41, 5.74) is 2.00. The summed E-state index contributed by atoms with van der Waals surface area (Å²) in [4.78, 5) is 10.6. The third-order valence-corrected chi connectivity index (χ3v) is 2.61. The fourth-order valence-corrected chi connectivity index (χ4v) is 1.39. The molecule has 1 atom stereocenters. The van der Waals surface area contributed by atoms with Gasteiger partial charge in [-0.05, 0) is 30.5 Å². The van der Waals surface area contributed by atoms with Gasteiger partial charge in [-0.3, -0.25) is 4.79 Å². The Labute approximate surface area is 88.5 Å². The molecule has 76 valence electrons. The molecule has 1 N–H and O–H groups in total. The molecule has 0 aromatic heterocycles. The molecule has 0 saturated heterocycles. The van der Waals surface area contributed by atoms with E-state index in [9.17, 15) is 4.79 Å². The second kappa shape index (κ2) is 4.47. The topological polar surface area (TPSA) is 37.3 Å². The summed E-state index contributed by atoms with van der Waals surface area (Å²) in [6.07, 6.45) is 0.549. The lowest BCUT2D eigenvalue weighted by Crippen LogP contribution is -2.12. The number of aryl methyl sites for hydroxylation is 1. The third-order valence-electron chi connectivity index (χ3n) is 2.19. The fraction of sp³-hybridized carbons (Fsp3) is 0.364. The number of hydrogen-bond acceptors (Lipinski definition) is 1. The number of carboxylic acids is 1. The maximum Gasteiger partial charge on any atom is 0.306 e. The quantitative estimate of drug-likeness (QED) is 0.837. The molecule has 0 heterocycles. The molecule has 0 amide bonds. The van der Waals surface area contributed by atoms with Crippen LogP contribution in [0.15, 0.2) is 18.2 Å². The number of benzene rings is 1. The molecule has 1 unspecified atom stereocenters. The second-order valence-electron chi connectivity index (χ2n) is 3.53. The summed E-state index contributed by atoms with van der Waals surface area (Å²) in [6.45, 7) is 3.61. The SMILES string of the molecule is Cc1cc(CC(C)C(=O)O)ccc1Cl. The Kier molecular flexibility index (Phi) is 3.53. The average Bonchev–Trinajstić information content (AvgIpc) is 2.11. The van der Waals surface area contributed by atoms with E-state index in [2.05, 4.69) is 0 Å². The Morgan fingerprint density at radius 3 is 2.71 bits per heavy atom. The van der Waals surface area contributed by atoms with Crippen molar-refractivity contribution in [3.63, 3.8) is 0 Å². The second-order valence-corrected chi connectivity index (χ2v) is 3.93. The largest absolute Gasteiger partial charge is 0.481 e. The van der Waals surface area contributed by atoms with E-state index in [0.29, 0.717) is 6.42 Å². The van der Waals surface area contributed by atoms with Gasteiger partial charge in [0.15, 0.2) is 0 Å². The summed E-state index contributed by atoms with van der Waals surface area (Å²) < 4.78 is 0. The van der Waals surface area contributed by atoms with Gasteiger partial charge >= 0.3 is 5.97 Å². The van der Waals surface area contributed by atoms with Crippen molar-refractivity contribution in [2.75, 3.05) is 0 Å². The average molecular weight is 213 g/mol. The van der Waals surface area contributed by atoms with Crippen LogP contribution in [0.25, 0.3) is 0 Å². The molecule has 14 heavy (non-hydrogen) atoms. The molecular formula is C11H13ClO2. The highest BCUT2D eigenvalue weighted by Crippen LogP contribution is 2.18. The zero-order valence-electron chi connectivity index (χ0n) is 8.25. The van der Waals surface area contributed by atoms with Gasteiger partial charge in [0.2, 0.25) is 0 Å². The van der Waals surface area contributed by atoms with Gasteiger partial charge in [-0.15, -0.1) is 0 Å². The van der Waals surface area contributed by atoms with Crippen molar-refractivity contribution < 1.29 is 9.90 Å². The standard InChI is InChI=1S/C11H13ClO2/c1-7-5-9(3-4-10(7)12)6-8(2)11(13)14/h3-5,8H,6H2,1-2H3,(H,13,14). The van der Waals surface area contributed by atoms with Gasteiger partial charge in [0.05, 0.1) is 5.92 Å². The molecule has 0 aliphatic carbocycles. The van der Waals surface area contributed by atoms with E-state index in [0.717, 1.165) is 16.1 Å². The molecule has 0 spiro atoms. The Hall–Kier alpha value is -1.02. The summed E-state index contributed by atoms with van der Waals surface area (Å²) in [6, 6.07) is 5.61. The van der Waals surface area contributed by atoms with Crippen LogP contribution in [0.5, 0.6) is 0 Å². The van der Waals surface area contributed by atoms with Gasteiger partial charge < -0.3 is 5.11 Å². The number of carbonyl (C=O) groups is 1. The minimum atomic E-state index is -0.766. The van der Waals surface area contributed by atoms with Crippen LogP contribution in [0.1, 0.15) is 18.1 Å². The Balaban J connectivity index is 2.78. The van der Waals surface area contributed by atoms with Crippen LogP contribution in [-0.4, -0.2) is 11.1 Å². The number of aliphatic carboxylic acids is 1. The molecule has 0 aliphatic heterocycles. The van der Waals surface area contributed by atoms with Crippen LogP contribution < -0.4 is 0 Å². The summed E-state index contributed by atoms with van der Waals surface area (Å²) in [7, 11) is 0. The first kappa shape index (κ1) is 11.1.